The summed E-state index contributed by atoms with van der Waals surface area (Å²) < 4.78 is 16.1. The van der Waals surface area contributed by atoms with Crippen LogP contribution in [0.25, 0.3) is 0 Å². The highest BCUT2D eigenvalue weighted by atomic mass is 16.6. The fourth-order valence-electron chi connectivity index (χ4n) is 3.74. The highest BCUT2D eigenvalue weighted by Gasteiger charge is 2.32. The summed E-state index contributed by atoms with van der Waals surface area (Å²) in [7, 11) is 4.71. The molecule has 2 heterocycles. The molecule has 0 amide bonds. The van der Waals surface area contributed by atoms with E-state index < -0.39 is 16.5 Å². The van der Waals surface area contributed by atoms with Crippen molar-refractivity contribution < 1.29 is 23.9 Å². The van der Waals surface area contributed by atoms with Gasteiger partial charge in [0.15, 0.2) is 11.5 Å². The zero-order valence-electron chi connectivity index (χ0n) is 19.7. The zero-order chi connectivity index (χ0) is 24.3. The van der Waals surface area contributed by atoms with Crippen LogP contribution in [-0.4, -0.2) is 60.8 Å². The maximum Gasteiger partial charge on any atom is 0.353 e. The largest absolute Gasteiger partial charge is 0.493 e. The van der Waals surface area contributed by atoms with Gasteiger partial charge < -0.3 is 24.0 Å². The van der Waals surface area contributed by atoms with E-state index in [4.69, 9.17) is 14.2 Å². The number of hydrogen-bond acceptors (Lipinski definition) is 10. The molecule has 0 N–H and O–H groups in total. The first kappa shape index (κ1) is 24.0. The highest BCUT2D eigenvalue weighted by molar-refractivity contribution is 5.79. The summed E-state index contributed by atoms with van der Waals surface area (Å²) in [6.07, 6.45) is 1.92. The highest BCUT2D eigenvalue weighted by Crippen LogP contribution is 2.38. The number of nitrogens with zero attached hydrogens (tertiary/aromatic N) is 5. The third-order valence-corrected chi connectivity index (χ3v) is 5.13. The molecule has 0 radical (unpaired) electrons. The van der Waals surface area contributed by atoms with Crippen LogP contribution < -0.4 is 19.3 Å². The first-order chi connectivity index (χ1) is 15.5. The minimum atomic E-state index is -0.661. The predicted octanol–water partition coefficient (Wildman–Crippen LogP) is 2.74. The summed E-state index contributed by atoms with van der Waals surface area (Å²) in [5.74, 6) is 0.972. The first-order valence-corrected chi connectivity index (χ1v) is 10.4. The molecular weight excluding hydrogens is 430 g/mol. The van der Waals surface area contributed by atoms with Crippen LogP contribution >= 0.6 is 0 Å². The minimum absolute atomic E-state index is 0.0500. The Balaban J connectivity index is 1.92. The van der Waals surface area contributed by atoms with Gasteiger partial charge in [0.05, 0.1) is 19.1 Å². The lowest BCUT2D eigenvalue weighted by Crippen LogP contribution is -2.35. The van der Waals surface area contributed by atoms with E-state index in [0.29, 0.717) is 31.0 Å². The standard InChI is InChI=1S/C22H29N5O6/c1-22(2,3)33-18(28)12-25(4)20-19(27(29)30)21(24-13-23-20)26-8-7-14-9-16(31-5)17(32-6)10-15(14)11-26/h9-10,13H,7-8,11-12H2,1-6H3. The maximum absolute atomic E-state index is 12.3. The number of fused-ring (bicyclic) bond motifs is 1. The van der Waals surface area contributed by atoms with Crippen LogP contribution in [0.2, 0.25) is 0 Å². The molecule has 0 aliphatic carbocycles. The number of hydrogen-bond donors (Lipinski definition) is 0. The Hall–Kier alpha value is -3.63. The van der Waals surface area contributed by atoms with Gasteiger partial charge in [-0.1, -0.05) is 0 Å². The lowest BCUT2D eigenvalue weighted by Gasteiger charge is -2.30. The summed E-state index contributed by atoms with van der Waals surface area (Å²) in [6, 6.07) is 3.81. The van der Waals surface area contributed by atoms with E-state index in [0.717, 1.165) is 11.1 Å². The van der Waals surface area contributed by atoms with Crippen LogP contribution in [0.4, 0.5) is 17.3 Å². The molecule has 0 atom stereocenters. The number of ether oxygens (including phenoxy) is 3. The Bertz CT molecular complexity index is 1050. The summed E-state index contributed by atoms with van der Waals surface area (Å²) in [4.78, 5) is 35.4. The number of nitro groups is 1. The SMILES string of the molecule is COc1cc2c(cc1OC)CN(c1ncnc(N(C)CC(=O)OC(C)(C)C)c1[N+](=O)[O-])CC2. The quantitative estimate of drug-likeness (QED) is 0.347. The van der Waals surface area contributed by atoms with Crippen molar-refractivity contribution in [1.82, 2.24) is 9.97 Å². The van der Waals surface area contributed by atoms with E-state index in [-0.39, 0.29) is 23.9 Å². The zero-order valence-corrected chi connectivity index (χ0v) is 19.7. The van der Waals surface area contributed by atoms with E-state index in [9.17, 15) is 14.9 Å². The Morgan fingerprint density at radius 2 is 1.82 bits per heavy atom. The average molecular weight is 460 g/mol. The van der Waals surface area contributed by atoms with Gasteiger partial charge in [-0.3, -0.25) is 14.9 Å². The van der Waals surface area contributed by atoms with Crippen LogP contribution in [0.1, 0.15) is 31.9 Å². The van der Waals surface area contributed by atoms with Gasteiger partial charge in [0.2, 0.25) is 11.6 Å². The molecule has 0 unspecified atom stereocenters. The molecule has 178 valence electrons. The van der Waals surface area contributed by atoms with Gasteiger partial charge in [0, 0.05) is 20.1 Å². The van der Waals surface area contributed by atoms with Gasteiger partial charge in [-0.25, -0.2) is 9.97 Å². The van der Waals surface area contributed by atoms with Gasteiger partial charge in [-0.05, 0) is 50.5 Å². The number of likely N-dealkylation sites (N-methyl/N-ethyl adjacent to an activating group) is 1. The number of carbonyl (C=O) groups excluding carboxylic acids is 1. The fraction of sp³-hybridized carbons (Fsp3) is 0.500. The van der Waals surface area contributed by atoms with E-state index in [1.54, 1.807) is 42.0 Å². The molecular formula is C22H29N5O6. The van der Waals surface area contributed by atoms with E-state index in [1.165, 1.54) is 11.2 Å². The molecule has 0 bridgehead atoms. The second-order valence-electron chi connectivity index (χ2n) is 8.72. The maximum atomic E-state index is 12.3. The summed E-state index contributed by atoms with van der Waals surface area (Å²) in [6.45, 7) is 6.02. The monoisotopic (exact) mass is 459 g/mol. The first-order valence-electron chi connectivity index (χ1n) is 10.4. The predicted molar refractivity (Wildman–Crippen MR) is 122 cm³/mol. The second-order valence-corrected chi connectivity index (χ2v) is 8.72. The fourth-order valence-corrected chi connectivity index (χ4v) is 3.74. The van der Waals surface area contributed by atoms with Gasteiger partial charge in [-0.15, -0.1) is 0 Å². The van der Waals surface area contributed by atoms with Crippen molar-refractivity contribution in [3.8, 4) is 11.5 Å². The Kier molecular flexibility index (Phi) is 6.89. The molecule has 11 heteroatoms. The van der Waals surface area contributed by atoms with Crippen molar-refractivity contribution in [2.24, 2.45) is 0 Å². The molecule has 0 spiro atoms. The molecule has 0 saturated heterocycles. The minimum Gasteiger partial charge on any atom is -0.493 e. The molecule has 0 saturated carbocycles. The van der Waals surface area contributed by atoms with Crippen LogP contribution in [0.5, 0.6) is 11.5 Å². The van der Waals surface area contributed by atoms with Crippen LogP contribution in [-0.2, 0) is 22.5 Å². The molecule has 3 rings (SSSR count). The number of methoxy groups -OCH3 is 2. The van der Waals surface area contributed by atoms with E-state index in [2.05, 4.69) is 9.97 Å². The van der Waals surface area contributed by atoms with E-state index in [1.807, 2.05) is 17.0 Å². The molecule has 11 nitrogen and oxygen atoms in total. The third kappa shape index (κ3) is 5.41. The van der Waals surface area contributed by atoms with Gasteiger partial charge >= 0.3 is 11.7 Å². The molecule has 1 aliphatic heterocycles. The molecule has 1 aromatic heterocycles. The number of carbonyl (C=O) groups is 1. The number of esters is 1. The molecule has 2 aromatic rings. The molecule has 1 aliphatic rings. The molecule has 1 aromatic carbocycles. The number of anilines is 2. The number of benzene rings is 1. The third-order valence-electron chi connectivity index (χ3n) is 5.13. The Morgan fingerprint density at radius 1 is 1.18 bits per heavy atom. The van der Waals surface area contributed by atoms with Crippen molar-refractivity contribution in [1.29, 1.82) is 0 Å². The average Bonchev–Trinajstić information content (AvgIpc) is 2.75. The van der Waals surface area contributed by atoms with Crippen molar-refractivity contribution in [2.45, 2.75) is 39.3 Å². The van der Waals surface area contributed by atoms with Crippen molar-refractivity contribution in [3.63, 3.8) is 0 Å². The normalized spacial score (nSPS) is 13.2. The van der Waals surface area contributed by atoms with Crippen LogP contribution in [0.15, 0.2) is 18.5 Å². The molecule has 33 heavy (non-hydrogen) atoms. The van der Waals surface area contributed by atoms with Crippen LogP contribution in [0, 0.1) is 10.1 Å². The second kappa shape index (κ2) is 9.47. The van der Waals surface area contributed by atoms with Crippen LogP contribution in [0.3, 0.4) is 0 Å². The van der Waals surface area contributed by atoms with Crippen molar-refractivity contribution in [3.05, 3.63) is 39.7 Å². The van der Waals surface area contributed by atoms with Gasteiger partial charge in [0.1, 0.15) is 18.5 Å². The summed E-state index contributed by atoms with van der Waals surface area (Å²) >= 11 is 0. The lowest BCUT2D eigenvalue weighted by atomic mass is 9.98. The molecule has 0 fully saturated rings. The lowest BCUT2D eigenvalue weighted by molar-refractivity contribution is -0.383. The Morgan fingerprint density at radius 3 is 2.39 bits per heavy atom. The summed E-state index contributed by atoms with van der Waals surface area (Å²) in [5.41, 5.74) is 1.14. The van der Waals surface area contributed by atoms with Crippen molar-refractivity contribution in [2.75, 3.05) is 44.2 Å². The number of rotatable bonds is 7. The Labute approximate surface area is 192 Å². The van der Waals surface area contributed by atoms with E-state index >= 15 is 0 Å². The summed E-state index contributed by atoms with van der Waals surface area (Å²) in [5, 5.41) is 12.1. The van der Waals surface area contributed by atoms with Crippen molar-refractivity contribution >= 4 is 23.3 Å². The topological polar surface area (TPSA) is 120 Å². The van der Waals surface area contributed by atoms with Gasteiger partial charge in [-0.2, -0.15) is 0 Å². The van der Waals surface area contributed by atoms with Gasteiger partial charge in [0.25, 0.3) is 0 Å². The smallest absolute Gasteiger partial charge is 0.353 e. The number of aromatic nitrogens is 2.